The van der Waals surface area contributed by atoms with Gasteiger partial charge in [0, 0.05) is 6.04 Å². The molecule has 1 aromatic carbocycles. The van der Waals surface area contributed by atoms with Gasteiger partial charge in [0.05, 0.1) is 5.56 Å². The number of halogens is 4. The van der Waals surface area contributed by atoms with Crippen molar-refractivity contribution in [1.29, 1.82) is 0 Å². The number of nitrogens with two attached hydrogens (primary N) is 1. The molecule has 6 heteroatoms. The van der Waals surface area contributed by atoms with Crippen LogP contribution in [-0.2, 0) is 6.18 Å². The van der Waals surface area contributed by atoms with Gasteiger partial charge in [-0.25, -0.2) is 4.39 Å². The van der Waals surface area contributed by atoms with Crippen LogP contribution in [0.4, 0.5) is 17.6 Å². The monoisotopic (exact) mass is 304 g/mol. The average molecular weight is 304 g/mol. The van der Waals surface area contributed by atoms with Gasteiger partial charge < -0.3 is 0 Å². The molecule has 0 saturated heterocycles. The molecule has 0 spiro atoms. The van der Waals surface area contributed by atoms with E-state index in [0.29, 0.717) is 5.56 Å². The van der Waals surface area contributed by atoms with Crippen molar-refractivity contribution in [3.05, 3.63) is 35.1 Å². The summed E-state index contributed by atoms with van der Waals surface area (Å²) in [6, 6.07) is 2.70. The summed E-state index contributed by atoms with van der Waals surface area (Å²) in [7, 11) is 0. The summed E-state index contributed by atoms with van der Waals surface area (Å²) < 4.78 is 51.6. The second kappa shape index (κ2) is 5.57. The van der Waals surface area contributed by atoms with Crippen molar-refractivity contribution >= 4 is 0 Å². The van der Waals surface area contributed by atoms with Gasteiger partial charge in [-0.3, -0.25) is 11.3 Å². The van der Waals surface area contributed by atoms with E-state index in [1.807, 2.05) is 0 Å². The van der Waals surface area contributed by atoms with Gasteiger partial charge in [0.25, 0.3) is 0 Å². The van der Waals surface area contributed by atoms with Gasteiger partial charge in [-0.2, -0.15) is 13.2 Å². The minimum absolute atomic E-state index is 0.0240. The fraction of sp³-hybridized carbons (Fsp3) is 0.600. The number of hydrazine groups is 1. The second-order valence-electron chi connectivity index (χ2n) is 6.37. The summed E-state index contributed by atoms with van der Waals surface area (Å²) in [4.78, 5) is 0. The number of rotatable bonds is 3. The van der Waals surface area contributed by atoms with Gasteiger partial charge in [-0.1, -0.05) is 26.3 Å². The number of hydrogen-bond acceptors (Lipinski definition) is 2. The van der Waals surface area contributed by atoms with E-state index in [2.05, 4.69) is 19.3 Å². The van der Waals surface area contributed by atoms with Crippen molar-refractivity contribution in [1.82, 2.24) is 5.43 Å². The SMILES string of the molecule is CC1(C)CCCC1C(NN)c1ccc(C(F)(F)F)c(F)c1. The first-order valence-electron chi connectivity index (χ1n) is 6.99. The normalized spacial score (nSPS) is 23.3. The maximum Gasteiger partial charge on any atom is 0.419 e. The minimum atomic E-state index is -4.68. The largest absolute Gasteiger partial charge is 0.419 e. The Balaban J connectivity index is 2.34. The van der Waals surface area contributed by atoms with E-state index in [9.17, 15) is 17.6 Å². The van der Waals surface area contributed by atoms with Gasteiger partial charge in [0.1, 0.15) is 5.82 Å². The molecule has 0 heterocycles. The lowest BCUT2D eigenvalue weighted by atomic mass is 9.75. The molecule has 1 saturated carbocycles. The smallest absolute Gasteiger partial charge is 0.271 e. The van der Waals surface area contributed by atoms with Crippen molar-refractivity contribution in [3.8, 4) is 0 Å². The molecule has 21 heavy (non-hydrogen) atoms. The van der Waals surface area contributed by atoms with Crippen molar-refractivity contribution in [2.45, 2.75) is 45.3 Å². The third-order valence-electron chi connectivity index (χ3n) is 4.58. The molecule has 1 aliphatic carbocycles. The predicted octanol–water partition coefficient (Wildman–Crippen LogP) is 4.18. The Kier molecular flexibility index (Phi) is 4.31. The van der Waals surface area contributed by atoms with Gasteiger partial charge in [0.2, 0.25) is 0 Å². The highest BCUT2D eigenvalue weighted by Crippen LogP contribution is 2.48. The Morgan fingerprint density at radius 3 is 2.43 bits per heavy atom. The lowest BCUT2D eigenvalue weighted by molar-refractivity contribution is -0.140. The summed E-state index contributed by atoms with van der Waals surface area (Å²) in [5, 5.41) is 0. The highest BCUT2D eigenvalue weighted by molar-refractivity contribution is 5.29. The predicted molar refractivity (Wildman–Crippen MR) is 72.6 cm³/mol. The zero-order valence-electron chi connectivity index (χ0n) is 12.1. The maximum atomic E-state index is 13.7. The Morgan fingerprint density at radius 2 is 2.00 bits per heavy atom. The molecule has 1 aliphatic rings. The first kappa shape index (κ1) is 16.2. The van der Waals surface area contributed by atoms with Gasteiger partial charge in [-0.05, 0) is 41.9 Å². The van der Waals surface area contributed by atoms with Crippen molar-refractivity contribution in [2.24, 2.45) is 17.2 Å². The fourth-order valence-corrected chi connectivity index (χ4v) is 3.37. The molecule has 0 aliphatic heterocycles. The molecule has 0 radical (unpaired) electrons. The fourth-order valence-electron chi connectivity index (χ4n) is 3.37. The van der Waals surface area contributed by atoms with E-state index >= 15 is 0 Å². The van der Waals surface area contributed by atoms with Crippen LogP contribution in [-0.4, -0.2) is 0 Å². The van der Waals surface area contributed by atoms with Crippen LogP contribution in [0.15, 0.2) is 18.2 Å². The molecule has 0 aromatic heterocycles. The average Bonchev–Trinajstić information content (AvgIpc) is 2.69. The number of benzene rings is 1. The van der Waals surface area contributed by atoms with Crippen LogP contribution in [0.1, 0.15) is 50.3 Å². The van der Waals surface area contributed by atoms with Crippen LogP contribution in [0.2, 0.25) is 0 Å². The first-order chi connectivity index (χ1) is 9.66. The molecule has 1 aromatic rings. The Morgan fingerprint density at radius 1 is 1.33 bits per heavy atom. The minimum Gasteiger partial charge on any atom is -0.271 e. The molecular weight excluding hydrogens is 284 g/mol. The molecule has 2 atom stereocenters. The van der Waals surface area contributed by atoms with E-state index in [0.717, 1.165) is 31.4 Å². The Labute approximate surface area is 121 Å². The molecular formula is C15H20F4N2. The molecule has 1 fully saturated rings. The second-order valence-corrected chi connectivity index (χ2v) is 6.37. The zero-order chi connectivity index (χ0) is 15.8. The Hall–Kier alpha value is -1.14. The third kappa shape index (κ3) is 3.21. The Bertz CT molecular complexity index is 511. The topological polar surface area (TPSA) is 38.0 Å². The van der Waals surface area contributed by atoms with E-state index in [1.54, 1.807) is 0 Å². The zero-order valence-corrected chi connectivity index (χ0v) is 12.1. The highest BCUT2D eigenvalue weighted by atomic mass is 19.4. The van der Waals surface area contributed by atoms with Crippen molar-refractivity contribution < 1.29 is 17.6 Å². The number of nitrogens with one attached hydrogen (secondary N) is 1. The molecule has 118 valence electrons. The quantitative estimate of drug-likeness (QED) is 0.499. The standard InChI is InChI=1S/C15H20F4N2/c1-14(2)7-3-4-11(14)13(21-20)9-5-6-10(12(16)8-9)15(17,18)19/h5-6,8,11,13,21H,3-4,7,20H2,1-2H3. The summed E-state index contributed by atoms with van der Waals surface area (Å²) in [5.74, 6) is 4.50. The van der Waals surface area contributed by atoms with Gasteiger partial charge >= 0.3 is 6.18 Å². The molecule has 2 unspecified atom stereocenters. The molecule has 0 bridgehead atoms. The number of alkyl halides is 3. The molecule has 2 rings (SSSR count). The van der Waals surface area contributed by atoms with Gasteiger partial charge in [-0.15, -0.1) is 0 Å². The lowest BCUT2D eigenvalue weighted by Crippen LogP contribution is -2.37. The van der Waals surface area contributed by atoms with Crippen molar-refractivity contribution in [3.63, 3.8) is 0 Å². The van der Waals surface area contributed by atoms with E-state index < -0.39 is 17.6 Å². The van der Waals surface area contributed by atoms with E-state index in [1.165, 1.54) is 6.07 Å². The molecule has 3 N–H and O–H groups in total. The third-order valence-corrected chi connectivity index (χ3v) is 4.58. The number of hydrogen-bond donors (Lipinski definition) is 2. The molecule has 0 amide bonds. The lowest BCUT2D eigenvalue weighted by Gasteiger charge is -2.34. The maximum absolute atomic E-state index is 13.7. The van der Waals surface area contributed by atoms with Gasteiger partial charge in [0.15, 0.2) is 0 Å². The highest BCUT2D eigenvalue weighted by Gasteiger charge is 2.40. The van der Waals surface area contributed by atoms with Crippen LogP contribution < -0.4 is 11.3 Å². The summed E-state index contributed by atoms with van der Waals surface area (Å²) >= 11 is 0. The summed E-state index contributed by atoms with van der Waals surface area (Å²) in [6.45, 7) is 4.21. The summed E-state index contributed by atoms with van der Waals surface area (Å²) in [6.07, 6.45) is -1.69. The van der Waals surface area contributed by atoms with Crippen LogP contribution in [0.25, 0.3) is 0 Å². The van der Waals surface area contributed by atoms with Crippen molar-refractivity contribution in [2.75, 3.05) is 0 Å². The van der Waals surface area contributed by atoms with E-state index in [-0.39, 0.29) is 17.4 Å². The van der Waals surface area contributed by atoms with Crippen LogP contribution in [0.3, 0.4) is 0 Å². The summed E-state index contributed by atoms with van der Waals surface area (Å²) in [5.41, 5.74) is 1.90. The van der Waals surface area contributed by atoms with Crippen LogP contribution in [0.5, 0.6) is 0 Å². The van der Waals surface area contributed by atoms with E-state index in [4.69, 9.17) is 5.84 Å². The first-order valence-corrected chi connectivity index (χ1v) is 6.99. The van der Waals surface area contributed by atoms with Crippen LogP contribution >= 0.6 is 0 Å². The van der Waals surface area contributed by atoms with Crippen LogP contribution in [0, 0.1) is 17.2 Å². The molecule has 2 nitrogen and oxygen atoms in total.